The molecule has 0 aliphatic heterocycles. The fourth-order valence-corrected chi connectivity index (χ4v) is 1.95. The summed E-state index contributed by atoms with van der Waals surface area (Å²) in [7, 11) is 0. The van der Waals surface area contributed by atoms with E-state index in [0.717, 1.165) is 9.88 Å². The molecule has 0 N–H and O–H groups in total. The molecule has 1 aromatic rings. The summed E-state index contributed by atoms with van der Waals surface area (Å²) in [6.07, 6.45) is 4.20. The first-order valence-electron chi connectivity index (χ1n) is 4.74. The molecule has 1 aliphatic carbocycles. The molecule has 0 radical (unpaired) electrons. The van der Waals surface area contributed by atoms with Crippen molar-refractivity contribution in [3.8, 4) is 0 Å². The highest BCUT2D eigenvalue weighted by molar-refractivity contribution is 7.13. The zero-order valence-corrected chi connectivity index (χ0v) is 9.15. The fourth-order valence-electron chi connectivity index (χ4n) is 0.969. The Morgan fingerprint density at radius 3 is 2.54 bits per heavy atom. The molecule has 0 unspecified atom stereocenters. The number of carbonyl (C=O) groups is 1. The minimum atomic E-state index is 0.134. The van der Waals surface area contributed by atoms with Gasteiger partial charge in [0.15, 0.2) is 5.78 Å². The number of ketones is 1. The summed E-state index contributed by atoms with van der Waals surface area (Å²) >= 11 is 1.55. The van der Waals surface area contributed by atoms with E-state index in [0.29, 0.717) is 5.92 Å². The summed E-state index contributed by atoms with van der Waals surface area (Å²) in [5.41, 5.74) is 0. The molecule has 1 aromatic heterocycles. The smallest absolute Gasteiger partial charge is 0.171 e. The fraction of sp³-hybridized carbons (Fsp3) is 0.600. The van der Waals surface area contributed by atoms with Gasteiger partial charge in [-0.3, -0.25) is 4.79 Å². The minimum Gasteiger partial charge on any atom is -0.294 e. The van der Waals surface area contributed by atoms with Gasteiger partial charge in [0.05, 0.1) is 9.88 Å². The molecule has 3 heteroatoms. The van der Waals surface area contributed by atoms with Crippen LogP contribution in [0.4, 0.5) is 0 Å². The van der Waals surface area contributed by atoms with Crippen molar-refractivity contribution >= 4 is 17.1 Å². The monoisotopic (exact) mass is 197 g/mol. The number of hydrogen-bond donors (Lipinski definition) is 0. The third kappa shape index (κ3) is 2.62. The quantitative estimate of drug-likeness (QED) is 0.681. The number of hydrogen-bond acceptors (Lipinski definition) is 3. The normalized spacial score (nSPS) is 14.7. The van der Waals surface area contributed by atoms with Crippen molar-refractivity contribution in [2.75, 3.05) is 0 Å². The molecular weight excluding hydrogens is 182 g/mol. The van der Waals surface area contributed by atoms with Gasteiger partial charge in [-0.2, -0.15) is 0 Å². The van der Waals surface area contributed by atoms with Crippen LogP contribution in [0.1, 0.15) is 54.2 Å². The van der Waals surface area contributed by atoms with Crippen molar-refractivity contribution < 1.29 is 4.79 Å². The predicted octanol–water partition coefficient (Wildman–Crippen LogP) is 3.25. The molecular formula is C10H15NOS. The molecule has 13 heavy (non-hydrogen) atoms. The van der Waals surface area contributed by atoms with Crippen molar-refractivity contribution in [1.82, 2.24) is 4.98 Å². The molecule has 2 rings (SSSR count). The predicted molar refractivity (Wildman–Crippen MR) is 55.4 cm³/mol. The summed E-state index contributed by atoms with van der Waals surface area (Å²) in [5.74, 6) is 0.808. The Morgan fingerprint density at radius 1 is 1.54 bits per heavy atom. The van der Waals surface area contributed by atoms with Gasteiger partial charge in [0.1, 0.15) is 0 Å². The van der Waals surface area contributed by atoms with Crippen LogP contribution in [0, 0.1) is 0 Å². The SMILES string of the molecule is CC.CC(=O)c1cnc(C2CC2)s1. The van der Waals surface area contributed by atoms with Gasteiger partial charge in [0.2, 0.25) is 0 Å². The summed E-state index contributed by atoms with van der Waals surface area (Å²) in [6.45, 7) is 5.59. The van der Waals surface area contributed by atoms with Crippen LogP contribution in [0.2, 0.25) is 0 Å². The van der Waals surface area contributed by atoms with Crippen LogP contribution >= 0.6 is 11.3 Å². The number of rotatable bonds is 2. The third-order valence-corrected chi connectivity index (χ3v) is 3.06. The number of Topliss-reactive ketones (excluding diaryl/α,β-unsaturated/α-hetero) is 1. The molecule has 1 heterocycles. The van der Waals surface area contributed by atoms with Crippen LogP contribution in [-0.2, 0) is 0 Å². The first-order chi connectivity index (χ1) is 6.27. The average Bonchev–Trinajstić information content (AvgIpc) is 2.87. The van der Waals surface area contributed by atoms with E-state index in [1.165, 1.54) is 12.8 Å². The topological polar surface area (TPSA) is 30.0 Å². The number of aromatic nitrogens is 1. The maximum absolute atomic E-state index is 10.9. The van der Waals surface area contributed by atoms with E-state index in [2.05, 4.69) is 4.98 Å². The Bertz CT molecular complexity index is 289. The summed E-state index contributed by atoms with van der Waals surface area (Å²) in [6, 6.07) is 0. The highest BCUT2D eigenvalue weighted by Crippen LogP contribution is 2.41. The van der Waals surface area contributed by atoms with Gasteiger partial charge in [-0.05, 0) is 12.8 Å². The first kappa shape index (κ1) is 10.4. The van der Waals surface area contributed by atoms with E-state index >= 15 is 0 Å². The summed E-state index contributed by atoms with van der Waals surface area (Å²) < 4.78 is 0. The highest BCUT2D eigenvalue weighted by atomic mass is 32.1. The number of nitrogens with zero attached hydrogens (tertiary/aromatic N) is 1. The molecule has 72 valence electrons. The molecule has 1 fully saturated rings. The second kappa shape index (κ2) is 4.51. The van der Waals surface area contributed by atoms with E-state index < -0.39 is 0 Å². The van der Waals surface area contributed by atoms with Gasteiger partial charge in [-0.15, -0.1) is 11.3 Å². The van der Waals surface area contributed by atoms with E-state index in [-0.39, 0.29) is 5.78 Å². The second-order valence-electron chi connectivity index (χ2n) is 2.89. The van der Waals surface area contributed by atoms with E-state index in [1.54, 1.807) is 24.5 Å². The van der Waals surface area contributed by atoms with Crippen LogP contribution in [0.5, 0.6) is 0 Å². The maximum atomic E-state index is 10.9. The van der Waals surface area contributed by atoms with Gasteiger partial charge in [-0.1, -0.05) is 13.8 Å². The Hall–Kier alpha value is -0.700. The van der Waals surface area contributed by atoms with Gasteiger partial charge in [0.25, 0.3) is 0 Å². The molecule has 0 spiro atoms. The van der Waals surface area contributed by atoms with Crippen molar-refractivity contribution in [1.29, 1.82) is 0 Å². The lowest BCUT2D eigenvalue weighted by Crippen LogP contribution is -1.83. The Kier molecular flexibility index (Phi) is 3.60. The van der Waals surface area contributed by atoms with Crippen LogP contribution in [0.25, 0.3) is 0 Å². The lowest BCUT2D eigenvalue weighted by Gasteiger charge is -1.83. The summed E-state index contributed by atoms with van der Waals surface area (Å²) in [5, 5.41) is 1.15. The zero-order chi connectivity index (χ0) is 9.84. The van der Waals surface area contributed by atoms with Gasteiger partial charge in [0, 0.05) is 19.0 Å². The molecule has 0 amide bonds. The molecule has 1 saturated carbocycles. The molecule has 0 atom stereocenters. The van der Waals surface area contributed by atoms with E-state index in [1.807, 2.05) is 13.8 Å². The molecule has 1 aliphatic rings. The van der Waals surface area contributed by atoms with Gasteiger partial charge >= 0.3 is 0 Å². The van der Waals surface area contributed by atoms with Crippen LogP contribution in [0.15, 0.2) is 6.20 Å². The molecule has 2 nitrogen and oxygen atoms in total. The Morgan fingerprint density at radius 2 is 2.15 bits per heavy atom. The van der Waals surface area contributed by atoms with Crippen LogP contribution in [-0.4, -0.2) is 10.8 Å². The Labute approximate surface area is 83.0 Å². The van der Waals surface area contributed by atoms with E-state index in [4.69, 9.17) is 0 Å². The summed E-state index contributed by atoms with van der Waals surface area (Å²) in [4.78, 5) is 15.9. The highest BCUT2D eigenvalue weighted by Gasteiger charge is 2.26. The van der Waals surface area contributed by atoms with E-state index in [9.17, 15) is 4.79 Å². The zero-order valence-electron chi connectivity index (χ0n) is 8.33. The van der Waals surface area contributed by atoms with Gasteiger partial charge < -0.3 is 0 Å². The lowest BCUT2D eigenvalue weighted by molar-refractivity contribution is 0.102. The average molecular weight is 197 g/mol. The number of carbonyl (C=O) groups excluding carboxylic acids is 1. The molecule has 0 aromatic carbocycles. The van der Waals surface area contributed by atoms with Crippen molar-refractivity contribution in [3.05, 3.63) is 16.1 Å². The maximum Gasteiger partial charge on any atom is 0.171 e. The first-order valence-corrected chi connectivity index (χ1v) is 5.55. The Balaban J connectivity index is 0.000000396. The minimum absolute atomic E-state index is 0.134. The third-order valence-electron chi connectivity index (χ3n) is 1.80. The second-order valence-corrected chi connectivity index (χ2v) is 3.96. The van der Waals surface area contributed by atoms with Crippen LogP contribution < -0.4 is 0 Å². The standard InChI is InChI=1S/C8H9NOS.C2H6/c1-5(10)7-4-9-8(11-7)6-2-3-6;1-2/h4,6H,2-3H2,1H3;1-2H3. The van der Waals surface area contributed by atoms with Crippen LogP contribution in [0.3, 0.4) is 0 Å². The van der Waals surface area contributed by atoms with Gasteiger partial charge in [-0.25, -0.2) is 4.98 Å². The van der Waals surface area contributed by atoms with Crippen molar-refractivity contribution in [2.24, 2.45) is 0 Å². The van der Waals surface area contributed by atoms with Crippen molar-refractivity contribution in [2.45, 2.75) is 39.5 Å². The molecule has 0 bridgehead atoms. The lowest BCUT2D eigenvalue weighted by atomic mass is 10.4. The number of thiazole rings is 1. The molecule has 0 saturated heterocycles. The van der Waals surface area contributed by atoms with Crippen molar-refractivity contribution in [3.63, 3.8) is 0 Å². The largest absolute Gasteiger partial charge is 0.294 e.